The third-order valence-corrected chi connectivity index (χ3v) is 9.07. The van der Waals surface area contributed by atoms with Crippen LogP contribution in [-0.4, -0.2) is 16.0 Å². The van der Waals surface area contributed by atoms with Crippen molar-refractivity contribution in [2.75, 3.05) is 6.54 Å². The molecule has 3 saturated carbocycles. The summed E-state index contributed by atoms with van der Waals surface area (Å²) >= 11 is 2.66. The van der Waals surface area contributed by atoms with Gasteiger partial charge in [0, 0.05) is 9.46 Å². The van der Waals surface area contributed by atoms with E-state index in [0.29, 0.717) is 11.0 Å². The Kier molecular flexibility index (Phi) is 4.21. The molecule has 0 amide bonds. The van der Waals surface area contributed by atoms with E-state index in [1.165, 1.54) is 45.1 Å². The monoisotopic (exact) mass is 389 g/mol. The summed E-state index contributed by atoms with van der Waals surface area (Å²) < 4.78 is 0.841. The molecule has 3 fully saturated rings. The van der Waals surface area contributed by atoms with Crippen molar-refractivity contribution >= 4 is 22.6 Å². The Bertz CT molecular complexity index is 370. The summed E-state index contributed by atoms with van der Waals surface area (Å²) in [4.78, 5) is 0. The fourth-order valence-electron chi connectivity index (χ4n) is 4.78. The Morgan fingerprint density at radius 1 is 1.25 bits per heavy atom. The van der Waals surface area contributed by atoms with Gasteiger partial charge in [-0.05, 0) is 67.7 Å². The molecule has 3 aliphatic carbocycles. The lowest BCUT2D eigenvalue weighted by Crippen LogP contribution is -2.37. The van der Waals surface area contributed by atoms with E-state index in [1.54, 1.807) is 0 Å². The van der Waals surface area contributed by atoms with Gasteiger partial charge in [0.05, 0.1) is 0 Å². The van der Waals surface area contributed by atoms with Gasteiger partial charge in [-0.3, -0.25) is 0 Å². The topological polar surface area (TPSA) is 12.0 Å². The van der Waals surface area contributed by atoms with Gasteiger partial charge >= 0.3 is 0 Å². The van der Waals surface area contributed by atoms with Gasteiger partial charge in [-0.25, -0.2) is 0 Å². The summed E-state index contributed by atoms with van der Waals surface area (Å²) in [5.41, 5.74) is 1.27. The maximum absolute atomic E-state index is 4.01. The van der Waals surface area contributed by atoms with Crippen LogP contribution in [0.15, 0.2) is 0 Å². The second kappa shape index (κ2) is 5.40. The van der Waals surface area contributed by atoms with Crippen molar-refractivity contribution in [1.82, 2.24) is 5.32 Å². The summed E-state index contributed by atoms with van der Waals surface area (Å²) in [6.45, 7) is 11.0. The largest absolute Gasteiger partial charge is 0.311 e. The van der Waals surface area contributed by atoms with Crippen molar-refractivity contribution in [3.63, 3.8) is 0 Å². The molecule has 0 aliphatic heterocycles. The summed E-state index contributed by atoms with van der Waals surface area (Å²) in [5, 5.41) is 4.01. The molecule has 20 heavy (non-hydrogen) atoms. The fourth-order valence-corrected chi connectivity index (χ4v) is 5.60. The minimum absolute atomic E-state index is 0.557. The zero-order chi connectivity index (χ0) is 14.5. The summed E-state index contributed by atoms with van der Waals surface area (Å²) in [6, 6.07) is 0. The highest BCUT2D eigenvalue weighted by molar-refractivity contribution is 14.1. The van der Waals surface area contributed by atoms with Crippen molar-refractivity contribution in [2.24, 2.45) is 29.1 Å². The van der Waals surface area contributed by atoms with Gasteiger partial charge in [0.2, 0.25) is 0 Å². The average Bonchev–Trinajstić information content (AvgIpc) is 3.27. The summed E-state index contributed by atoms with van der Waals surface area (Å²) in [5.74, 6) is 3.86. The molecule has 0 saturated heterocycles. The third-order valence-electron chi connectivity index (χ3n) is 7.21. The lowest BCUT2D eigenvalue weighted by Gasteiger charge is -2.26. The Hall–Kier alpha value is 0.690. The van der Waals surface area contributed by atoms with E-state index in [-0.39, 0.29) is 0 Å². The van der Waals surface area contributed by atoms with Crippen LogP contribution >= 0.6 is 22.6 Å². The lowest BCUT2D eigenvalue weighted by atomic mass is 9.85. The standard InChI is InChI=1S/C18H32IN/c1-5-12(2)16(19)6-7-20-18-9-13(3)17(4)10-14(17)8-15(18)11-18/h12-16,20H,5-11H2,1-4H3/t12?,13-,14?,15?,16-,17?,18?/m0/s1. The van der Waals surface area contributed by atoms with Gasteiger partial charge in [-0.15, -0.1) is 0 Å². The van der Waals surface area contributed by atoms with E-state index in [1.807, 2.05) is 0 Å². The van der Waals surface area contributed by atoms with Crippen molar-refractivity contribution in [2.45, 2.75) is 75.7 Å². The molecule has 0 radical (unpaired) electrons. The van der Waals surface area contributed by atoms with Crippen molar-refractivity contribution in [1.29, 1.82) is 0 Å². The predicted molar refractivity (Wildman–Crippen MR) is 95.3 cm³/mol. The molecule has 1 N–H and O–H groups in total. The minimum atomic E-state index is 0.557. The van der Waals surface area contributed by atoms with Gasteiger partial charge in [0.1, 0.15) is 0 Å². The Balaban J connectivity index is 1.49. The SMILES string of the molecule is CCC(C)[C@@H](I)CCNC12CC1CC1CC1(C)[C@@H](C)C2. The normalized spacial score (nSPS) is 48.8. The van der Waals surface area contributed by atoms with Crippen LogP contribution < -0.4 is 5.32 Å². The molecule has 5 unspecified atom stereocenters. The molecule has 0 heterocycles. The van der Waals surface area contributed by atoms with Crippen LogP contribution in [0, 0.1) is 29.1 Å². The van der Waals surface area contributed by atoms with Crippen LogP contribution in [0.3, 0.4) is 0 Å². The first-order chi connectivity index (χ1) is 9.41. The van der Waals surface area contributed by atoms with E-state index in [9.17, 15) is 0 Å². The van der Waals surface area contributed by atoms with Gasteiger partial charge < -0.3 is 5.32 Å². The Morgan fingerprint density at radius 2 is 2.00 bits per heavy atom. The van der Waals surface area contributed by atoms with E-state index < -0.39 is 0 Å². The van der Waals surface area contributed by atoms with Gasteiger partial charge in [0.25, 0.3) is 0 Å². The van der Waals surface area contributed by atoms with Gasteiger partial charge in [-0.1, -0.05) is 56.7 Å². The number of halogens is 1. The van der Waals surface area contributed by atoms with Gasteiger partial charge in [-0.2, -0.15) is 0 Å². The van der Waals surface area contributed by atoms with Crippen LogP contribution in [0.25, 0.3) is 0 Å². The molecule has 0 aromatic carbocycles. The molecule has 1 nitrogen and oxygen atoms in total. The van der Waals surface area contributed by atoms with Crippen LogP contribution in [0.4, 0.5) is 0 Å². The number of alkyl halides is 1. The maximum Gasteiger partial charge on any atom is 0.0216 e. The van der Waals surface area contributed by atoms with Crippen molar-refractivity contribution in [3.8, 4) is 0 Å². The molecule has 3 rings (SSSR count). The van der Waals surface area contributed by atoms with E-state index in [0.717, 1.165) is 27.6 Å². The highest BCUT2D eigenvalue weighted by atomic mass is 127. The number of fused-ring (bicyclic) bond motifs is 2. The molecule has 2 heteroatoms. The number of nitrogens with one attached hydrogen (secondary N) is 1. The second-order valence-corrected chi connectivity index (χ2v) is 10.0. The summed E-state index contributed by atoms with van der Waals surface area (Å²) in [7, 11) is 0. The Labute approximate surface area is 139 Å². The van der Waals surface area contributed by atoms with Crippen LogP contribution in [0.1, 0.15) is 66.2 Å². The first-order valence-electron chi connectivity index (χ1n) is 8.80. The van der Waals surface area contributed by atoms with Crippen LogP contribution in [0.5, 0.6) is 0 Å². The van der Waals surface area contributed by atoms with E-state index >= 15 is 0 Å². The molecular weight excluding hydrogens is 357 g/mol. The first-order valence-corrected chi connectivity index (χ1v) is 10.0. The van der Waals surface area contributed by atoms with Crippen LogP contribution in [0.2, 0.25) is 0 Å². The number of rotatable bonds is 6. The maximum atomic E-state index is 4.01. The molecule has 0 spiro atoms. The van der Waals surface area contributed by atoms with E-state index in [4.69, 9.17) is 0 Å². The molecular formula is C18H32IN. The number of hydrogen-bond acceptors (Lipinski definition) is 1. The molecule has 3 aliphatic rings. The minimum Gasteiger partial charge on any atom is -0.311 e. The molecule has 116 valence electrons. The second-order valence-electron chi connectivity index (χ2n) is 8.42. The average molecular weight is 389 g/mol. The van der Waals surface area contributed by atoms with E-state index in [2.05, 4.69) is 55.6 Å². The van der Waals surface area contributed by atoms with Gasteiger partial charge in [0.15, 0.2) is 0 Å². The molecule has 7 atom stereocenters. The van der Waals surface area contributed by atoms with Crippen molar-refractivity contribution in [3.05, 3.63) is 0 Å². The fraction of sp³-hybridized carbons (Fsp3) is 1.00. The third kappa shape index (κ3) is 2.68. The molecule has 0 bridgehead atoms. The zero-order valence-electron chi connectivity index (χ0n) is 13.7. The lowest BCUT2D eigenvalue weighted by molar-refractivity contribution is 0.280. The summed E-state index contributed by atoms with van der Waals surface area (Å²) in [6.07, 6.45) is 8.62. The quantitative estimate of drug-likeness (QED) is 0.496. The smallest absolute Gasteiger partial charge is 0.0216 e. The first kappa shape index (κ1) is 15.6. The molecule has 0 aromatic heterocycles. The van der Waals surface area contributed by atoms with Crippen molar-refractivity contribution < 1.29 is 0 Å². The predicted octanol–water partition coefficient (Wildman–Crippen LogP) is 5.03. The highest BCUT2D eigenvalue weighted by Gasteiger charge is 2.65. The zero-order valence-corrected chi connectivity index (χ0v) is 15.9. The Morgan fingerprint density at radius 3 is 2.70 bits per heavy atom. The highest BCUT2D eigenvalue weighted by Crippen LogP contribution is 2.69. The number of hydrogen-bond donors (Lipinski definition) is 1. The van der Waals surface area contributed by atoms with Crippen LogP contribution in [-0.2, 0) is 0 Å². The molecule has 0 aromatic rings.